The van der Waals surface area contributed by atoms with Crippen molar-refractivity contribution < 1.29 is 0 Å². The molecule has 0 bridgehead atoms. The maximum Gasteiger partial charge on any atom is 0.131 e. The van der Waals surface area contributed by atoms with E-state index in [9.17, 15) is 0 Å². The van der Waals surface area contributed by atoms with Crippen LogP contribution in [-0.4, -0.2) is 21.5 Å². The summed E-state index contributed by atoms with van der Waals surface area (Å²) in [6.07, 6.45) is 7.61. The quantitative estimate of drug-likeness (QED) is 0.273. The van der Waals surface area contributed by atoms with Gasteiger partial charge in [-0.15, -0.1) is 11.3 Å². The van der Waals surface area contributed by atoms with Gasteiger partial charge in [0.2, 0.25) is 0 Å². The second kappa shape index (κ2) is 31.6. The van der Waals surface area contributed by atoms with Crippen molar-refractivity contribution in [3.8, 4) is 0 Å². The van der Waals surface area contributed by atoms with Gasteiger partial charge in [-0.3, -0.25) is 0 Å². The van der Waals surface area contributed by atoms with E-state index >= 15 is 0 Å². The first-order valence-corrected chi connectivity index (χ1v) is 14.4. The highest BCUT2D eigenvalue weighted by molar-refractivity contribution is 7.83. The van der Waals surface area contributed by atoms with Gasteiger partial charge in [0.15, 0.2) is 0 Å². The van der Waals surface area contributed by atoms with Gasteiger partial charge in [-0.05, 0) is 44.4 Å². The van der Waals surface area contributed by atoms with Crippen molar-refractivity contribution in [2.75, 3.05) is 11.9 Å². The maximum atomic E-state index is 4.52. The molecule has 0 saturated heterocycles. The van der Waals surface area contributed by atoms with Crippen LogP contribution in [0.15, 0.2) is 24.3 Å². The van der Waals surface area contributed by atoms with Crippen molar-refractivity contribution >= 4 is 29.8 Å². The number of nitrogens with zero attached hydrogens (tertiary/aromatic N) is 3. The molecule has 0 aliphatic carbocycles. The summed E-state index contributed by atoms with van der Waals surface area (Å²) in [6.45, 7) is 29.1. The molecule has 6 heteroatoms. The summed E-state index contributed by atoms with van der Waals surface area (Å²) in [7, 11) is 0. The van der Waals surface area contributed by atoms with Gasteiger partial charge in [0, 0.05) is 35.8 Å². The molecule has 4 nitrogen and oxygen atoms in total. The topological polar surface area (TPSA) is 50.7 Å². The third-order valence-corrected chi connectivity index (χ3v) is 4.43. The van der Waals surface area contributed by atoms with Crippen LogP contribution in [0.25, 0.3) is 0 Å². The maximum absolute atomic E-state index is 4.52. The van der Waals surface area contributed by atoms with Crippen molar-refractivity contribution in [2.45, 2.75) is 115 Å². The van der Waals surface area contributed by atoms with Crippen molar-refractivity contribution in [3.05, 3.63) is 45.7 Å². The molecule has 2 rings (SSSR count). The van der Waals surface area contributed by atoms with Crippen LogP contribution < -0.4 is 5.32 Å². The van der Waals surface area contributed by atoms with Crippen LogP contribution in [0.2, 0.25) is 0 Å². The zero-order valence-electron chi connectivity index (χ0n) is 24.5. The Bertz CT molecular complexity index is 656. The molecule has 0 aromatic carbocycles. The normalized spacial score (nSPS) is 8.65. The van der Waals surface area contributed by atoms with E-state index < -0.39 is 0 Å². The molecule has 0 amide bonds. The van der Waals surface area contributed by atoms with Crippen LogP contribution >= 0.6 is 24.0 Å². The Hall–Kier alpha value is -1.40. The molecule has 0 spiro atoms. The largest absolute Gasteiger partial charge is 0.370 e. The first-order valence-electron chi connectivity index (χ1n) is 13.1. The first kappa shape index (κ1) is 39.8. The van der Waals surface area contributed by atoms with E-state index in [1.165, 1.54) is 34.6 Å². The number of aryl methyl sites for hydroxylation is 3. The van der Waals surface area contributed by atoms with E-state index in [1.807, 2.05) is 60.7 Å². The molecule has 2 heterocycles. The highest BCUT2D eigenvalue weighted by Gasteiger charge is 2.04. The Morgan fingerprint density at radius 2 is 1.59 bits per heavy atom. The Balaban J connectivity index is -0.000000211. The number of aromatic nitrogens is 3. The number of anilines is 1. The molecule has 2 aromatic rings. The van der Waals surface area contributed by atoms with Crippen LogP contribution in [0.4, 0.5) is 5.82 Å². The number of thiol groups is 1. The lowest BCUT2D eigenvalue weighted by molar-refractivity contribution is 0.619. The van der Waals surface area contributed by atoms with E-state index in [0.717, 1.165) is 36.7 Å². The van der Waals surface area contributed by atoms with Gasteiger partial charge in [-0.1, -0.05) is 82.2 Å². The Morgan fingerprint density at radius 3 is 2.00 bits per heavy atom. The van der Waals surface area contributed by atoms with E-state index in [1.54, 1.807) is 11.3 Å². The van der Waals surface area contributed by atoms with E-state index in [4.69, 9.17) is 0 Å². The predicted octanol–water partition coefficient (Wildman–Crippen LogP) is 9.74. The van der Waals surface area contributed by atoms with Gasteiger partial charge < -0.3 is 5.32 Å². The van der Waals surface area contributed by atoms with Gasteiger partial charge in [-0.2, -0.15) is 12.6 Å². The summed E-state index contributed by atoms with van der Waals surface area (Å²) < 4.78 is 0. The number of unbranched alkanes of at least 4 members (excludes halogenated alkanes) is 1. The Kier molecular flexibility index (Phi) is 37.0. The van der Waals surface area contributed by atoms with Crippen molar-refractivity contribution in [1.82, 2.24) is 15.0 Å². The number of nitrogens with one attached hydrogen (secondary N) is 1. The minimum absolute atomic E-state index is 0.602. The first-order chi connectivity index (χ1) is 16.4. The molecule has 200 valence electrons. The summed E-state index contributed by atoms with van der Waals surface area (Å²) in [5.41, 5.74) is 1.05. The SMILES string of the molecule is C=CS.CC.CC.CC.CCCCNc1cc(C)nc(CC(C)C)n1.CCCc1ncc(C)s1. The minimum Gasteiger partial charge on any atom is -0.370 e. The number of thiazole rings is 1. The molecule has 0 aliphatic heterocycles. The average molecular weight is 513 g/mol. The van der Waals surface area contributed by atoms with E-state index in [-0.39, 0.29) is 0 Å². The van der Waals surface area contributed by atoms with Crippen molar-refractivity contribution in [1.29, 1.82) is 0 Å². The van der Waals surface area contributed by atoms with Gasteiger partial charge in [0.1, 0.15) is 11.6 Å². The monoisotopic (exact) mass is 512 g/mol. The molecule has 0 atom stereocenters. The fourth-order valence-corrected chi connectivity index (χ4v) is 3.19. The highest BCUT2D eigenvalue weighted by atomic mass is 32.1. The number of rotatable bonds is 8. The fraction of sp³-hybridized carbons (Fsp3) is 0.679. The molecule has 2 aromatic heterocycles. The van der Waals surface area contributed by atoms with E-state index in [2.05, 4.69) is 74.1 Å². The summed E-state index contributed by atoms with van der Waals surface area (Å²) in [6, 6.07) is 2.01. The number of hydrogen-bond donors (Lipinski definition) is 2. The second-order valence-corrected chi connectivity index (χ2v) is 8.67. The highest BCUT2D eigenvalue weighted by Crippen LogP contribution is 2.12. The molecule has 34 heavy (non-hydrogen) atoms. The summed E-state index contributed by atoms with van der Waals surface area (Å²) in [5.74, 6) is 2.52. The van der Waals surface area contributed by atoms with Gasteiger partial charge in [0.25, 0.3) is 0 Å². The summed E-state index contributed by atoms with van der Waals surface area (Å²) >= 11 is 5.35. The fourth-order valence-electron chi connectivity index (χ4n) is 2.30. The second-order valence-electron chi connectivity index (χ2n) is 6.99. The van der Waals surface area contributed by atoms with Crippen LogP contribution in [0, 0.1) is 19.8 Å². The molecular formula is C28H56N4S2. The van der Waals surface area contributed by atoms with Crippen LogP contribution in [0.1, 0.15) is 110 Å². The minimum atomic E-state index is 0.602. The lowest BCUT2D eigenvalue weighted by atomic mass is 10.1. The summed E-state index contributed by atoms with van der Waals surface area (Å²) in [4.78, 5) is 14.5. The van der Waals surface area contributed by atoms with Gasteiger partial charge >= 0.3 is 0 Å². The predicted molar refractivity (Wildman–Crippen MR) is 163 cm³/mol. The summed E-state index contributed by atoms with van der Waals surface area (Å²) in [5, 5.41) is 6.07. The third-order valence-electron chi connectivity index (χ3n) is 3.46. The standard InChI is InChI=1S/C13H23N3.C7H11NS.C2H4S.3C2H6/c1-5-6-7-14-12-9-11(4)15-13(16-12)8-10(2)3;1-3-4-7-8-5-6(2)9-7;1-2-3;3*1-2/h9-10H,5-8H2,1-4H3,(H,14,15,16);5H,3-4H2,1-2H3;2-3H,1H2;3*1-2H3. The Morgan fingerprint density at radius 1 is 1.03 bits per heavy atom. The molecule has 0 fully saturated rings. The van der Waals surface area contributed by atoms with Gasteiger partial charge in [0.05, 0.1) is 5.01 Å². The molecule has 0 radical (unpaired) electrons. The lowest BCUT2D eigenvalue weighted by Crippen LogP contribution is -2.08. The lowest BCUT2D eigenvalue weighted by Gasteiger charge is -2.09. The molecular weight excluding hydrogens is 456 g/mol. The third kappa shape index (κ3) is 26.8. The van der Waals surface area contributed by atoms with Crippen LogP contribution in [0.3, 0.4) is 0 Å². The average Bonchev–Trinajstić information content (AvgIpc) is 3.23. The number of hydrogen-bond acceptors (Lipinski definition) is 6. The molecule has 0 unspecified atom stereocenters. The smallest absolute Gasteiger partial charge is 0.131 e. The molecule has 0 aliphatic rings. The van der Waals surface area contributed by atoms with Crippen molar-refractivity contribution in [2.24, 2.45) is 5.92 Å². The zero-order chi connectivity index (χ0) is 27.4. The van der Waals surface area contributed by atoms with Crippen molar-refractivity contribution in [3.63, 3.8) is 0 Å². The Labute approximate surface area is 222 Å². The molecule has 1 N–H and O–H groups in total. The van der Waals surface area contributed by atoms with Crippen LogP contribution in [-0.2, 0) is 12.8 Å². The van der Waals surface area contributed by atoms with Gasteiger partial charge in [-0.25, -0.2) is 15.0 Å². The van der Waals surface area contributed by atoms with E-state index in [0.29, 0.717) is 5.92 Å². The van der Waals surface area contributed by atoms with Crippen LogP contribution in [0.5, 0.6) is 0 Å². The zero-order valence-corrected chi connectivity index (χ0v) is 26.2. The molecule has 0 saturated carbocycles.